The summed E-state index contributed by atoms with van der Waals surface area (Å²) in [6.45, 7) is 3.86. The molecule has 0 radical (unpaired) electrons. The number of fused-ring (bicyclic) bond motifs is 1. The highest BCUT2D eigenvalue weighted by atomic mass is 19.3. The van der Waals surface area contributed by atoms with Crippen LogP contribution in [0.2, 0.25) is 0 Å². The van der Waals surface area contributed by atoms with E-state index in [1.165, 1.54) is 31.4 Å². The lowest BCUT2D eigenvalue weighted by molar-refractivity contribution is -0.170. The second-order valence-electron chi connectivity index (χ2n) is 8.06. The predicted octanol–water partition coefficient (Wildman–Crippen LogP) is 4.28. The third-order valence-electron chi connectivity index (χ3n) is 5.06. The van der Waals surface area contributed by atoms with Gasteiger partial charge in [0, 0.05) is 30.7 Å². The summed E-state index contributed by atoms with van der Waals surface area (Å²) in [6, 6.07) is 6.58. The summed E-state index contributed by atoms with van der Waals surface area (Å²) in [5, 5.41) is 23.5. The summed E-state index contributed by atoms with van der Waals surface area (Å²) in [6.07, 6.45) is 0. The molecule has 178 valence electrons. The Bertz CT molecular complexity index is 1150. The number of ether oxygens (including phenoxy) is 2. The van der Waals surface area contributed by atoms with Gasteiger partial charge in [0.25, 0.3) is 0 Å². The van der Waals surface area contributed by atoms with E-state index in [1.807, 2.05) is 0 Å². The molecule has 0 bridgehead atoms. The summed E-state index contributed by atoms with van der Waals surface area (Å²) in [7, 11) is 1.52. The van der Waals surface area contributed by atoms with Gasteiger partial charge in [-0.15, -0.1) is 0 Å². The normalized spacial score (nSPS) is 12.2. The quantitative estimate of drug-likeness (QED) is 0.406. The van der Waals surface area contributed by atoms with Crippen LogP contribution in [0.1, 0.15) is 30.8 Å². The number of anilines is 1. The number of aryl methyl sites for hydroxylation is 1. The van der Waals surface area contributed by atoms with Gasteiger partial charge in [-0.2, -0.15) is 8.78 Å². The fourth-order valence-electron chi connectivity index (χ4n) is 3.21. The fourth-order valence-corrected chi connectivity index (χ4v) is 3.21. The van der Waals surface area contributed by atoms with E-state index in [1.54, 1.807) is 6.92 Å². The van der Waals surface area contributed by atoms with E-state index in [9.17, 15) is 23.4 Å². The fraction of sp³-hybridized carbons (Fsp3) is 0.391. The smallest absolute Gasteiger partial charge is 0.303 e. The lowest BCUT2D eigenvalue weighted by Crippen LogP contribution is -2.41. The van der Waals surface area contributed by atoms with Crippen LogP contribution in [-0.2, 0) is 17.2 Å². The number of phenolic OH excluding ortho intramolecular Hbond substituents is 1. The highest BCUT2D eigenvalue weighted by molar-refractivity contribution is 5.91. The Balaban J connectivity index is 1.94. The topological polar surface area (TPSA) is 96.7 Å². The van der Waals surface area contributed by atoms with Crippen LogP contribution in [0.4, 0.5) is 19.0 Å². The Morgan fingerprint density at radius 2 is 1.85 bits per heavy atom. The van der Waals surface area contributed by atoms with Crippen molar-refractivity contribution in [2.75, 3.05) is 25.6 Å². The van der Waals surface area contributed by atoms with Crippen LogP contribution >= 0.6 is 0 Å². The number of hydrogen-bond donors (Lipinski definition) is 3. The molecule has 7 nitrogen and oxygen atoms in total. The molecular weight excluding hydrogens is 439 g/mol. The predicted molar refractivity (Wildman–Crippen MR) is 117 cm³/mol. The zero-order chi connectivity index (χ0) is 24.4. The first kappa shape index (κ1) is 24.5. The van der Waals surface area contributed by atoms with Crippen LogP contribution in [-0.4, -0.2) is 46.1 Å². The minimum atomic E-state index is -3.79. The number of methoxy groups -OCH3 is 1. The molecule has 0 saturated heterocycles. The zero-order valence-electron chi connectivity index (χ0n) is 18.7. The molecule has 0 fully saturated rings. The first-order valence-corrected chi connectivity index (χ1v) is 10.2. The van der Waals surface area contributed by atoms with Gasteiger partial charge in [-0.3, -0.25) is 0 Å². The van der Waals surface area contributed by atoms with Crippen molar-refractivity contribution in [1.29, 1.82) is 0 Å². The Kier molecular flexibility index (Phi) is 6.99. The summed E-state index contributed by atoms with van der Waals surface area (Å²) in [4.78, 5) is 8.62. The molecule has 2 aromatic carbocycles. The number of aromatic nitrogens is 2. The van der Waals surface area contributed by atoms with Crippen molar-refractivity contribution in [2.24, 2.45) is 0 Å². The van der Waals surface area contributed by atoms with E-state index in [4.69, 9.17) is 9.47 Å². The van der Waals surface area contributed by atoms with E-state index >= 15 is 0 Å². The van der Waals surface area contributed by atoms with Gasteiger partial charge in [-0.1, -0.05) is 12.1 Å². The number of nitrogens with zero attached hydrogens (tertiary/aromatic N) is 2. The molecule has 10 heteroatoms. The lowest BCUT2D eigenvalue weighted by atomic mass is 9.92. The van der Waals surface area contributed by atoms with Crippen LogP contribution in [0, 0.1) is 12.7 Å². The average Bonchev–Trinajstić information content (AvgIpc) is 2.72. The molecule has 3 N–H and O–H groups in total. The van der Waals surface area contributed by atoms with Gasteiger partial charge in [0.15, 0.2) is 11.5 Å². The molecule has 33 heavy (non-hydrogen) atoms. The molecule has 3 aromatic rings. The minimum Gasteiger partial charge on any atom is -0.504 e. The van der Waals surface area contributed by atoms with Crippen LogP contribution < -0.4 is 10.1 Å². The Morgan fingerprint density at radius 1 is 1.12 bits per heavy atom. The highest BCUT2D eigenvalue weighted by Crippen LogP contribution is 2.40. The SMILES string of the molecule is COCCOc1cc2c(NCc3cccc(C(F)(F)C(C)(C)O)c3F)nc(C)nc2cc1O. The average molecular weight is 465 g/mol. The molecule has 0 spiro atoms. The van der Waals surface area contributed by atoms with Crippen LogP contribution in [0.25, 0.3) is 10.9 Å². The standard InChI is InChI=1S/C23H26F3N3O4/c1-13-28-17-11-18(30)19(33-9-8-32-4)10-15(17)21(29-13)27-12-14-6-5-7-16(20(14)24)23(25,26)22(2,3)31/h5-7,10-11,30-31H,8-9,12H2,1-4H3,(H,27,28,29). The van der Waals surface area contributed by atoms with E-state index in [2.05, 4.69) is 15.3 Å². The van der Waals surface area contributed by atoms with E-state index in [0.717, 1.165) is 19.9 Å². The molecule has 0 aliphatic heterocycles. The second kappa shape index (κ2) is 9.40. The largest absolute Gasteiger partial charge is 0.504 e. The number of aliphatic hydroxyl groups is 1. The van der Waals surface area contributed by atoms with Crippen molar-refractivity contribution in [3.05, 3.63) is 53.1 Å². The minimum absolute atomic E-state index is 0.0313. The number of phenols is 1. The Morgan fingerprint density at radius 3 is 2.52 bits per heavy atom. The lowest BCUT2D eigenvalue weighted by Gasteiger charge is -2.30. The second-order valence-corrected chi connectivity index (χ2v) is 8.06. The molecule has 0 unspecified atom stereocenters. The van der Waals surface area contributed by atoms with E-state index in [0.29, 0.717) is 29.2 Å². The van der Waals surface area contributed by atoms with E-state index in [-0.39, 0.29) is 30.2 Å². The molecule has 0 atom stereocenters. The molecule has 0 aliphatic rings. The molecule has 1 heterocycles. The van der Waals surface area contributed by atoms with Crippen LogP contribution in [0.5, 0.6) is 11.5 Å². The number of alkyl halides is 2. The summed E-state index contributed by atoms with van der Waals surface area (Å²) < 4.78 is 54.5. The molecule has 0 aliphatic carbocycles. The maximum absolute atomic E-state index is 15.0. The van der Waals surface area contributed by atoms with Gasteiger partial charge in [-0.05, 0) is 32.9 Å². The highest BCUT2D eigenvalue weighted by Gasteiger charge is 2.48. The summed E-state index contributed by atoms with van der Waals surface area (Å²) in [5.74, 6) is -4.14. The number of rotatable bonds is 9. The maximum Gasteiger partial charge on any atom is 0.303 e. The third kappa shape index (κ3) is 5.12. The Hall–Kier alpha value is -3.11. The number of halogens is 3. The molecular formula is C23H26F3N3O4. The van der Waals surface area contributed by atoms with Crippen molar-refractivity contribution >= 4 is 16.7 Å². The monoisotopic (exact) mass is 465 g/mol. The first-order chi connectivity index (χ1) is 15.5. The summed E-state index contributed by atoms with van der Waals surface area (Å²) >= 11 is 0. The van der Waals surface area contributed by atoms with Gasteiger partial charge < -0.3 is 25.0 Å². The third-order valence-corrected chi connectivity index (χ3v) is 5.06. The number of nitrogens with one attached hydrogen (secondary N) is 1. The van der Waals surface area contributed by atoms with E-state index < -0.39 is 22.9 Å². The molecule has 0 saturated carbocycles. The van der Waals surface area contributed by atoms with Gasteiger partial charge in [-0.25, -0.2) is 14.4 Å². The Labute approximate surface area is 189 Å². The van der Waals surface area contributed by atoms with Crippen molar-refractivity contribution in [2.45, 2.75) is 38.8 Å². The van der Waals surface area contributed by atoms with Gasteiger partial charge >= 0.3 is 5.92 Å². The van der Waals surface area contributed by atoms with Crippen molar-refractivity contribution < 1.29 is 32.9 Å². The number of benzene rings is 2. The number of hydrogen-bond acceptors (Lipinski definition) is 7. The van der Waals surface area contributed by atoms with Gasteiger partial charge in [0.05, 0.1) is 17.7 Å². The van der Waals surface area contributed by atoms with Crippen LogP contribution in [0.15, 0.2) is 30.3 Å². The first-order valence-electron chi connectivity index (χ1n) is 10.2. The summed E-state index contributed by atoms with van der Waals surface area (Å²) in [5.41, 5.74) is -2.95. The van der Waals surface area contributed by atoms with Crippen LogP contribution in [0.3, 0.4) is 0 Å². The van der Waals surface area contributed by atoms with Crippen molar-refractivity contribution in [3.8, 4) is 11.5 Å². The van der Waals surface area contributed by atoms with Crippen molar-refractivity contribution in [1.82, 2.24) is 9.97 Å². The van der Waals surface area contributed by atoms with Crippen molar-refractivity contribution in [3.63, 3.8) is 0 Å². The molecule has 3 rings (SSSR count). The zero-order valence-corrected chi connectivity index (χ0v) is 18.7. The molecule has 0 amide bonds. The van der Waals surface area contributed by atoms with Gasteiger partial charge in [0.1, 0.15) is 29.7 Å². The van der Waals surface area contributed by atoms with Gasteiger partial charge in [0.2, 0.25) is 0 Å². The number of aromatic hydroxyl groups is 1. The maximum atomic E-state index is 15.0. The molecule has 1 aromatic heterocycles.